The van der Waals surface area contributed by atoms with E-state index in [0.717, 1.165) is 96.3 Å². The van der Waals surface area contributed by atoms with Crippen molar-refractivity contribution in [2.45, 2.75) is 135 Å². The van der Waals surface area contributed by atoms with Gasteiger partial charge in [0.15, 0.2) is 0 Å². The Morgan fingerprint density at radius 2 is 0.822 bits per heavy atom. The topological polar surface area (TPSA) is 105 Å². The summed E-state index contributed by atoms with van der Waals surface area (Å²) in [6.07, 6.45) is 26.1. The molecule has 0 rings (SSSR count). The van der Waals surface area contributed by atoms with E-state index in [4.69, 9.17) is 18.9 Å². The minimum absolute atomic E-state index is 0.0490. The van der Waals surface area contributed by atoms with Gasteiger partial charge in [0.2, 0.25) is 0 Å². The van der Waals surface area contributed by atoms with Crippen LogP contribution in [0.4, 0.5) is 0 Å². The van der Waals surface area contributed by atoms with Gasteiger partial charge in [0.25, 0.3) is 0 Å². The first-order valence-electron chi connectivity index (χ1n) is 17.1. The van der Waals surface area contributed by atoms with Gasteiger partial charge >= 0.3 is 23.9 Å². The van der Waals surface area contributed by atoms with Crippen molar-refractivity contribution in [3.63, 3.8) is 0 Å². The molecular formula is C37H60O8. The molecule has 0 saturated heterocycles. The molecule has 0 radical (unpaired) electrons. The first kappa shape index (κ1) is 41.8. The number of ether oxygens (including phenoxy) is 4. The quantitative estimate of drug-likeness (QED) is 0.0238. The fourth-order valence-corrected chi connectivity index (χ4v) is 4.30. The predicted molar refractivity (Wildman–Crippen MR) is 179 cm³/mol. The average Bonchev–Trinajstić information content (AvgIpc) is 3.02. The van der Waals surface area contributed by atoms with E-state index < -0.39 is 11.9 Å². The molecule has 256 valence electrons. The first-order chi connectivity index (χ1) is 21.9. The van der Waals surface area contributed by atoms with Crippen LogP contribution in [0.1, 0.15) is 135 Å². The highest BCUT2D eigenvalue weighted by Crippen LogP contribution is 2.11. The molecule has 8 heteroatoms. The fourth-order valence-electron chi connectivity index (χ4n) is 4.30. The van der Waals surface area contributed by atoms with Crippen molar-refractivity contribution in [2.75, 3.05) is 26.4 Å². The summed E-state index contributed by atoms with van der Waals surface area (Å²) in [6.45, 7) is 12.4. The molecule has 0 amide bonds. The van der Waals surface area contributed by atoms with Gasteiger partial charge in [-0.05, 0) is 64.2 Å². The molecule has 0 aliphatic carbocycles. The molecule has 0 aromatic heterocycles. The second-order valence-electron chi connectivity index (χ2n) is 11.2. The van der Waals surface area contributed by atoms with Gasteiger partial charge in [0.05, 0.1) is 45.7 Å². The van der Waals surface area contributed by atoms with E-state index in [1.165, 1.54) is 19.3 Å². The number of unbranched alkanes of at least 4 members (excludes halogenated alkanes) is 14. The minimum atomic E-state index is -0.517. The summed E-state index contributed by atoms with van der Waals surface area (Å²) >= 11 is 0. The number of rotatable bonds is 32. The maximum absolute atomic E-state index is 12.0. The molecule has 0 heterocycles. The highest BCUT2D eigenvalue weighted by atomic mass is 16.5. The van der Waals surface area contributed by atoms with E-state index >= 15 is 0 Å². The van der Waals surface area contributed by atoms with Crippen molar-refractivity contribution in [3.05, 3.63) is 49.6 Å². The Labute approximate surface area is 272 Å². The normalized spacial score (nSPS) is 10.8. The van der Waals surface area contributed by atoms with E-state index in [1.54, 1.807) is 6.08 Å². The fraction of sp³-hybridized carbons (Fsp3) is 0.676. The maximum atomic E-state index is 12.0. The summed E-state index contributed by atoms with van der Waals surface area (Å²) in [5.41, 5.74) is 0.142. The molecule has 8 nitrogen and oxygen atoms in total. The standard InChI is InChI=1S/C37H60O8/c1-4-6-8-9-10-16-21-25-31-45-37(41)33(3)32-36(40)44-30-24-20-18-15-13-11-12-14-17-19-23-29-43-35(39)27-26-34(38)42-28-22-7-5-2/h4-5,14,17H,1-3,6-13,15-16,18-32H2/b17-14+. The van der Waals surface area contributed by atoms with Crippen LogP contribution >= 0.6 is 0 Å². The zero-order valence-electron chi connectivity index (χ0n) is 27.9. The van der Waals surface area contributed by atoms with Crippen LogP contribution in [-0.4, -0.2) is 50.3 Å². The van der Waals surface area contributed by atoms with Crippen molar-refractivity contribution in [1.82, 2.24) is 0 Å². The molecule has 0 spiro atoms. The molecular weight excluding hydrogens is 572 g/mol. The van der Waals surface area contributed by atoms with Gasteiger partial charge in [0.1, 0.15) is 0 Å². The number of carbonyl (C=O) groups excluding carboxylic acids is 4. The van der Waals surface area contributed by atoms with Crippen LogP contribution < -0.4 is 0 Å². The van der Waals surface area contributed by atoms with Gasteiger partial charge < -0.3 is 18.9 Å². The Morgan fingerprint density at radius 3 is 1.38 bits per heavy atom. The van der Waals surface area contributed by atoms with Crippen molar-refractivity contribution < 1.29 is 38.1 Å². The lowest BCUT2D eigenvalue weighted by atomic mass is 10.1. The summed E-state index contributed by atoms with van der Waals surface area (Å²) in [4.78, 5) is 47.2. The molecule has 0 aromatic rings. The van der Waals surface area contributed by atoms with Gasteiger partial charge in [-0.1, -0.05) is 82.2 Å². The third-order valence-corrected chi connectivity index (χ3v) is 7.00. The summed E-state index contributed by atoms with van der Waals surface area (Å²) < 4.78 is 20.7. The van der Waals surface area contributed by atoms with Crippen molar-refractivity contribution in [3.8, 4) is 0 Å². The van der Waals surface area contributed by atoms with E-state index in [-0.39, 0.29) is 36.8 Å². The zero-order valence-corrected chi connectivity index (χ0v) is 27.9. The number of hydrogen-bond acceptors (Lipinski definition) is 8. The average molecular weight is 633 g/mol. The highest BCUT2D eigenvalue weighted by molar-refractivity contribution is 5.93. The lowest BCUT2D eigenvalue weighted by Crippen LogP contribution is -2.14. The Bertz CT molecular complexity index is 860. The van der Waals surface area contributed by atoms with Crippen molar-refractivity contribution in [2.24, 2.45) is 0 Å². The molecule has 0 atom stereocenters. The van der Waals surface area contributed by atoms with Crippen LogP contribution in [0, 0.1) is 0 Å². The number of esters is 4. The Morgan fingerprint density at radius 1 is 0.444 bits per heavy atom. The van der Waals surface area contributed by atoms with Gasteiger partial charge in [-0.25, -0.2) is 4.79 Å². The predicted octanol–water partition coefficient (Wildman–Crippen LogP) is 8.84. The Kier molecular flexibility index (Phi) is 30.0. The SMILES string of the molecule is C=CCCCCCCCCOC(=O)C(=C)CC(=O)OCCCCCCCC/C=C/CCCOC(=O)CCC(=O)OCCCC=C. The number of carbonyl (C=O) groups is 4. The molecule has 0 aliphatic rings. The van der Waals surface area contributed by atoms with Crippen molar-refractivity contribution in [1.29, 1.82) is 0 Å². The molecule has 0 saturated carbocycles. The zero-order chi connectivity index (χ0) is 33.2. The smallest absolute Gasteiger partial charge is 0.333 e. The van der Waals surface area contributed by atoms with Gasteiger partial charge in [-0.15, -0.1) is 13.2 Å². The van der Waals surface area contributed by atoms with Crippen LogP contribution in [0.2, 0.25) is 0 Å². The van der Waals surface area contributed by atoms with Gasteiger partial charge in [-0.2, -0.15) is 0 Å². The molecule has 0 N–H and O–H groups in total. The van der Waals surface area contributed by atoms with E-state index in [1.807, 2.05) is 6.08 Å². The van der Waals surface area contributed by atoms with Gasteiger partial charge in [0, 0.05) is 5.57 Å². The summed E-state index contributed by atoms with van der Waals surface area (Å²) in [5.74, 6) is -1.70. The van der Waals surface area contributed by atoms with E-state index in [0.29, 0.717) is 26.4 Å². The lowest BCUT2D eigenvalue weighted by Gasteiger charge is -2.08. The summed E-state index contributed by atoms with van der Waals surface area (Å²) in [5, 5.41) is 0. The summed E-state index contributed by atoms with van der Waals surface area (Å²) in [7, 11) is 0. The van der Waals surface area contributed by atoms with Crippen LogP contribution in [-0.2, 0) is 38.1 Å². The van der Waals surface area contributed by atoms with E-state index in [2.05, 4.69) is 31.9 Å². The van der Waals surface area contributed by atoms with Crippen LogP contribution in [0.5, 0.6) is 0 Å². The van der Waals surface area contributed by atoms with Crippen molar-refractivity contribution >= 4 is 23.9 Å². The molecule has 0 unspecified atom stereocenters. The first-order valence-corrected chi connectivity index (χ1v) is 17.1. The minimum Gasteiger partial charge on any atom is -0.466 e. The molecule has 0 fully saturated rings. The molecule has 0 bridgehead atoms. The third kappa shape index (κ3) is 30.6. The van der Waals surface area contributed by atoms with Crippen LogP contribution in [0.3, 0.4) is 0 Å². The number of allylic oxidation sites excluding steroid dienone is 4. The second kappa shape index (κ2) is 32.2. The molecule has 0 aromatic carbocycles. The molecule has 0 aliphatic heterocycles. The highest BCUT2D eigenvalue weighted by Gasteiger charge is 2.14. The van der Waals surface area contributed by atoms with Crippen LogP contribution in [0.25, 0.3) is 0 Å². The third-order valence-electron chi connectivity index (χ3n) is 7.00. The largest absolute Gasteiger partial charge is 0.466 e. The Hall–Kier alpha value is -3.16. The van der Waals surface area contributed by atoms with Gasteiger partial charge in [-0.3, -0.25) is 14.4 Å². The Balaban J connectivity index is 3.52. The van der Waals surface area contributed by atoms with E-state index in [9.17, 15) is 19.2 Å². The molecule has 45 heavy (non-hydrogen) atoms. The monoisotopic (exact) mass is 632 g/mol. The summed E-state index contributed by atoms with van der Waals surface area (Å²) in [6, 6.07) is 0. The maximum Gasteiger partial charge on any atom is 0.333 e. The lowest BCUT2D eigenvalue weighted by molar-refractivity contribution is -0.150. The van der Waals surface area contributed by atoms with Crippen LogP contribution in [0.15, 0.2) is 49.6 Å². The second-order valence-corrected chi connectivity index (χ2v) is 11.2. The number of hydrogen-bond donors (Lipinski definition) is 0.